The molecule has 0 aliphatic heterocycles. The predicted molar refractivity (Wildman–Crippen MR) is 75.9 cm³/mol. The topological polar surface area (TPSA) is 84.6 Å². The van der Waals surface area contributed by atoms with Crippen molar-refractivity contribution < 1.29 is 19.7 Å². The van der Waals surface area contributed by atoms with Crippen molar-refractivity contribution in [3.8, 4) is 0 Å². The van der Waals surface area contributed by atoms with E-state index >= 15 is 0 Å². The van der Waals surface area contributed by atoms with Gasteiger partial charge in [0, 0.05) is 5.02 Å². The van der Waals surface area contributed by atoms with Crippen LogP contribution in [0, 0.1) is 0 Å². The van der Waals surface area contributed by atoms with Gasteiger partial charge in [0.25, 0.3) is 0 Å². The van der Waals surface area contributed by atoms with Gasteiger partial charge in [-0.05, 0) is 17.7 Å². The van der Waals surface area contributed by atoms with Crippen LogP contribution in [0.2, 0.25) is 5.02 Å². The second-order valence-electron chi connectivity index (χ2n) is 4.41. The van der Waals surface area contributed by atoms with E-state index in [1.54, 1.807) is 24.3 Å². The number of carbonyl (C=O) groups excluding carboxylic acids is 1. The number of ether oxygens (including phenoxy) is 1. The van der Waals surface area contributed by atoms with E-state index in [1.165, 1.54) is 18.0 Å². The molecule has 1 atom stereocenters. The smallest absolute Gasteiger partial charge is 0.358 e. The lowest BCUT2D eigenvalue weighted by Crippen LogP contribution is -2.13. The first kappa shape index (κ1) is 15.5. The van der Waals surface area contributed by atoms with Gasteiger partial charge in [-0.2, -0.15) is 0 Å². The zero-order valence-electron chi connectivity index (χ0n) is 11.4. The number of hydrogen-bond donors (Lipinski definition) is 2. The summed E-state index contributed by atoms with van der Waals surface area (Å²) in [6.07, 6.45) is 0.573. The molecule has 1 heterocycles. The van der Waals surface area contributed by atoms with Gasteiger partial charge in [0.2, 0.25) is 0 Å². The van der Waals surface area contributed by atoms with Crippen LogP contribution in [0.3, 0.4) is 0 Å². The molecule has 21 heavy (non-hydrogen) atoms. The van der Waals surface area contributed by atoms with E-state index < -0.39 is 12.1 Å². The molecule has 0 bridgehead atoms. The molecular weight excluding hydrogens is 296 g/mol. The number of nitrogens with zero attached hydrogens (tertiary/aromatic N) is 2. The van der Waals surface area contributed by atoms with E-state index in [4.69, 9.17) is 11.6 Å². The Morgan fingerprint density at radius 1 is 1.43 bits per heavy atom. The third-order valence-electron chi connectivity index (χ3n) is 3.10. The highest BCUT2D eigenvalue weighted by Gasteiger charge is 2.19. The van der Waals surface area contributed by atoms with Crippen molar-refractivity contribution >= 4 is 17.6 Å². The highest BCUT2D eigenvalue weighted by atomic mass is 35.5. The van der Waals surface area contributed by atoms with Crippen molar-refractivity contribution in [3.05, 3.63) is 52.6 Å². The van der Waals surface area contributed by atoms with Gasteiger partial charge in [0.1, 0.15) is 0 Å². The Morgan fingerprint density at radius 2 is 2.10 bits per heavy atom. The van der Waals surface area contributed by atoms with E-state index in [1.807, 2.05) is 0 Å². The van der Waals surface area contributed by atoms with Gasteiger partial charge >= 0.3 is 5.97 Å². The Balaban J connectivity index is 2.21. The number of hydrogen-bond acceptors (Lipinski definition) is 5. The van der Waals surface area contributed by atoms with E-state index in [-0.39, 0.29) is 18.8 Å². The number of benzene rings is 1. The summed E-state index contributed by atoms with van der Waals surface area (Å²) in [7, 11) is 1.24. The molecule has 0 amide bonds. The number of rotatable bonds is 5. The molecule has 2 rings (SSSR count). The molecule has 0 aliphatic rings. The monoisotopic (exact) mass is 310 g/mol. The van der Waals surface area contributed by atoms with Crippen LogP contribution in [0.15, 0.2) is 30.6 Å². The van der Waals surface area contributed by atoms with Crippen molar-refractivity contribution in [2.75, 3.05) is 7.11 Å². The van der Waals surface area contributed by atoms with Crippen LogP contribution in [0.1, 0.15) is 27.8 Å². The minimum absolute atomic E-state index is 0.0447. The number of halogens is 1. The number of aliphatic hydroxyl groups is 2. The summed E-state index contributed by atoms with van der Waals surface area (Å²) in [4.78, 5) is 15.4. The maximum atomic E-state index is 11.5. The van der Waals surface area contributed by atoms with Crippen molar-refractivity contribution in [1.29, 1.82) is 0 Å². The van der Waals surface area contributed by atoms with Crippen molar-refractivity contribution in [2.24, 2.45) is 0 Å². The molecule has 7 heteroatoms. The van der Waals surface area contributed by atoms with Crippen molar-refractivity contribution in [1.82, 2.24) is 9.55 Å². The molecule has 0 saturated carbocycles. The zero-order chi connectivity index (χ0) is 15.4. The molecule has 0 aliphatic carbocycles. The Morgan fingerprint density at radius 3 is 2.67 bits per heavy atom. The molecule has 6 nitrogen and oxygen atoms in total. The molecule has 0 saturated heterocycles. The summed E-state index contributed by atoms with van der Waals surface area (Å²) in [5, 5.41) is 20.2. The van der Waals surface area contributed by atoms with Gasteiger partial charge in [0.15, 0.2) is 5.69 Å². The molecule has 112 valence electrons. The van der Waals surface area contributed by atoms with Crippen LogP contribution >= 0.6 is 11.6 Å². The van der Waals surface area contributed by atoms with Crippen molar-refractivity contribution in [2.45, 2.75) is 19.3 Å². The van der Waals surface area contributed by atoms with Gasteiger partial charge in [-0.25, -0.2) is 9.78 Å². The molecule has 1 aromatic carbocycles. The summed E-state index contributed by atoms with van der Waals surface area (Å²) in [5.41, 5.74) is 1.02. The Bertz CT molecular complexity index is 624. The molecule has 2 N–H and O–H groups in total. The highest BCUT2D eigenvalue weighted by molar-refractivity contribution is 6.30. The third-order valence-corrected chi connectivity index (χ3v) is 3.35. The van der Waals surface area contributed by atoms with Crippen LogP contribution in [0.25, 0.3) is 0 Å². The standard InChI is InChI=1S/C14H15ClN2O4/c1-21-14(20)13-11(7-18)17(8-16-13)6-12(19)9-2-4-10(15)5-3-9/h2-5,8,12,18-19H,6-7H2,1H3. The van der Waals surface area contributed by atoms with E-state index in [9.17, 15) is 15.0 Å². The minimum atomic E-state index is -0.813. The molecule has 0 spiro atoms. The minimum Gasteiger partial charge on any atom is -0.464 e. The fourth-order valence-corrected chi connectivity index (χ4v) is 2.10. The normalized spacial score (nSPS) is 12.2. The number of carbonyl (C=O) groups is 1. The lowest BCUT2D eigenvalue weighted by atomic mass is 10.1. The predicted octanol–water partition coefficient (Wildman–Crippen LogP) is 1.55. The van der Waals surface area contributed by atoms with Gasteiger partial charge in [-0.1, -0.05) is 23.7 Å². The maximum absolute atomic E-state index is 11.5. The zero-order valence-corrected chi connectivity index (χ0v) is 12.1. The molecule has 2 aromatic rings. The van der Waals surface area contributed by atoms with Gasteiger partial charge in [0.05, 0.1) is 38.4 Å². The maximum Gasteiger partial charge on any atom is 0.358 e. The third kappa shape index (κ3) is 3.41. The average Bonchev–Trinajstić information content (AvgIpc) is 2.89. The summed E-state index contributed by atoms with van der Waals surface area (Å²) in [5.74, 6) is -0.626. The number of esters is 1. The number of methoxy groups -OCH3 is 1. The van der Waals surface area contributed by atoms with Crippen molar-refractivity contribution in [3.63, 3.8) is 0 Å². The van der Waals surface area contributed by atoms with E-state index in [0.717, 1.165) is 0 Å². The van der Waals surface area contributed by atoms with E-state index in [0.29, 0.717) is 16.3 Å². The molecular formula is C14H15ClN2O4. The Kier molecular flexibility index (Phi) is 4.95. The molecule has 0 radical (unpaired) electrons. The van der Waals surface area contributed by atoms with Gasteiger partial charge < -0.3 is 19.5 Å². The van der Waals surface area contributed by atoms with Gasteiger partial charge in [-0.15, -0.1) is 0 Å². The Labute approximate surface area is 126 Å². The first-order valence-electron chi connectivity index (χ1n) is 6.23. The lowest BCUT2D eigenvalue weighted by molar-refractivity contribution is 0.0589. The lowest BCUT2D eigenvalue weighted by Gasteiger charge is -2.14. The highest BCUT2D eigenvalue weighted by Crippen LogP contribution is 2.20. The quantitative estimate of drug-likeness (QED) is 0.819. The number of aliphatic hydroxyl groups excluding tert-OH is 2. The van der Waals surface area contributed by atoms with Crippen LogP contribution in [0.4, 0.5) is 0 Å². The number of aromatic nitrogens is 2. The molecule has 1 unspecified atom stereocenters. The summed E-state index contributed by atoms with van der Waals surface area (Å²) >= 11 is 5.80. The molecule has 1 aromatic heterocycles. The largest absolute Gasteiger partial charge is 0.464 e. The molecule has 0 fully saturated rings. The average molecular weight is 311 g/mol. The second kappa shape index (κ2) is 6.71. The van der Waals surface area contributed by atoms with Crippen LogP contribution < -0.4 is 0 Å². The van der Waals surface area contributed by atoms with Gasteiger partial charge in [-0.3, -0.25) is 0 Å². The van der Waals surface area contributed by atoms with Crippen LogP contribution in [0.5, 0.6) is 0 Å². The SMILES string of the molecule is COC(=O)c1ncn(CC(O)c2ccc(Cl)cc2)c1CO. The fourth-order valence-electron chi connectivity index (χ4n) is 1.97. The summed E-state index contributed by atoms with van der Waals surface area (Å²) in [6, 6.07) is 6.79. The summed E-state index contributed by atoms with van der Waals surface area (Å²) in [6.45, 7) is -0.223. The van der Waals surface area contributed by atoms with E-state index in [2.05, 4.69) is 9.72 Å². The summed E-state index contributed by atoms with van der Waals surface area (Å²) < 4.78 is 6.11. The number of imidazole rings is 1. The first-order valence-corrected chi connectivity index (χ1v) is 6.61. The fraction of sp³-hybridized carbons (Fsp3) is 0.286. The Hall–Kier alpha value is -1.89. The van der Waals surface area contributed by atoms with Crippen LogP contribution in [-0.2, 0) is 17.9 Å². The first-order chi connectivity index (χ1) is 10.1. The second-order valence-corrected chi connectivity index (χ2v) is 4.85. The van der Waals surface area contributed by atoms with Crippen LogP contribution in [-0.4, -0.2) is 32.8 Å².